The van der Waals surface area contributed by atoms with Crippen molar-refractivity contribution in [3.8, 4) is 0 Å². The van der Waals surface area contributed by atoms with Gasteiger partial charge in [-0.3, -0.25) is 4.79 Å². The van der Waals surface area contributed by atoms with E-state index in [9.17, 15) is 13.6 Å². The number of amides is 1. The summed E-state index contributed by atoms with van der Waals surface area (Å²) in [6.07, 6.45) is 2.83. The maximum atomic E-state index is 13.6. The quantitative estimate of drug-likeness (QED) is 0.786. The second kappa shape index (κ2) is 8.32. The molecule has 3 N–H and O–H groups in total. The van der Waals surface area contributed by atoms with Gasteiger partial charge in [-0.2, -0.15) is 0 Å². The van der Waals surface area contributed by atoms with Crippen LogP contribution in [0, 0.1) is 17.6 Å². The van der Waals surface area contributed by atoms with Crippen LogP contribution in [0.1, 0.15) is 32.6 Å². The fourth-order valence-corrected chi connectivity index (χ4v) is 2.49. The molecular formula is C14H19BrF2N2O. The van der Waals surface area contributed by atoms with Crippen molar-refractivity contribution < 1.29 is 13.6 Å². The number of hydrogen-bond donors (Lipinski definition) is 2. The molecule has 0 aliphatic carbocycles. The molecule has 0 heterocycles. The van der Waals surface area contributed by atoms with E-state index in [1.54, 1.807) is 0 Å². The zero-order valence-corrected chi connectivity index (χ0v) is 13.0. The van der Waals surface area contributed by atoms with Gasteiger partial charge in [0.2, 0.25) is 5.91 Å². The Hall–Kier alpha value is -1.01. The Balaban J connectivity index is 2.59. The third-order valence-electron chi connectivity index (χ3n) is 3.20. The van der Waals surface area contributed by atoms with Gasteiger partial charge in [-0.1, -0.05) is 13.3 Å². The van der Waals surface area contributed by atoms with Crippen LogP contribution >= 0.6 is 15.9 Å². The normalized spacial score (nSPS) is 12.2. The van der Waals surface area contributed by atoms with Crippen LogP contribution in [0.25, 0.3) is 0 Å². The second-order valence-electron chi connectivity index (χ2n) is 4.68. The van der Waals surface area contributed by atoms with Gasteiger partial charge in [0, 0.05) is 17.0 Å². The maximum absolute atomic E-state index is 13.6. The lowest BCUT2D eigenvalue weighted by molar-refractivity contribution is -0.116. The van der Waals surface area contributed by atoms with E-state index in [0.717, 1.165) is 25.0 Å². The monoisotopic (exact) mass is 348 g/mol. The average Bonchev–Trinajstić information content (AvgIpc) is 2.38. The van der Waals surface area contributed by atoms with Gasteiger partial charge in [-0.05, 0) is 47.3 Å². The van der Waals surface area contributed by atoms with Gasteiger partial charge in [-0.15, -0.1) is 0 Å². The number of hydrogen-bond acceptors (Lipinski definition) is 2. The zero-order chi connectivity index (χ0) is 15.1. The van der Waals surface area contributed by atoms with Crippen LogP contribution in [0.4, 0.5) is 14.5 Å². The van der Waals surface area contributed by atoms with Gasteiger partial charge < -0.3 is 11.1 Å². The number of nitrogens with one attached hydrogen (secondary N) is 1. The first-order valence-corrected chi connectivity index (χ1v) is 7.41. The van der Waals surface area contributed by atoms with Crippen LogP contribution < -0.4 is 11.1 Å². The SMILES string of the molecule is CCC(CCN)CCC(=O)Nc1c(F)cc(F)cc1Br. The first kappa shape index (κ1) is 17.0. The van der Waals surface area contributed by atoms with E-state index in [1.807, 2.05) is 0 Å². The molecule has 0 aliphatic rings. The van der Waals surface area contributed by atoms with Crippen molar-refractivity contribution in [3.05, 3.63) is 28.2 Å². The second-order valence-corrected chi connectivity index (χ2v) is 5.54. The Morgan fingerprint density at radius 2 is 2.10 bits per heavy atom. The van der Waals surface area contributed by atoms with Crippen LogP contribution in [-0.2, 0) is 4.79 Å². The van der Waals surface area contributed by atoms with Crippen molar-refractivity contribution in [2.45, 2.75) is 32.6 Å². The highest BCUT2D eigenvalue weighted by Crippen LogP contribution is 2.27. The van der Waals surface area contributed by atoms with Crippen LogP contribution in [0.5, 0.6) is 0 Å². The van der Waals surface area contributed by atoms with Gasteiger partial charge >= 0.3 is 0 Å². The highest BCUT2D eigenvalue weighted by Gasteiger charge is 2.14. The van der Waals surface area contributed by atoms with Gasteiger partial charge in [0.05, 0.1) is 5.69 Å². The molecule has 0 saturated heterocycles. The molecule has 3 nitrogen and oxygen atoms in total. The van der Waals surface area contributed by atoms with Crippen molar-refractivity contribution in [1.82, 2.24) is 0 Å². The van der Waals surface area contributed by atoms with Crippen molar-refractivity contribution in [3.63, 3.8) is 0 Å². The van der Waals surface area contributed by atoms with Crippen molar-refractivity contribution >= 4 is 27.5 Å². The zero-order valence-electron chi connectivity index (χ0n) is 11.4. The van der Waals surface area contributed by atoms with Gasteiger partial charge in [0.1, 0.15) is 5.82 Å². The van der Waals surface area contributed by atoms with Crippen LogP contribution in [0.15, 0.2) is 16.6 Å². The average molecular weight is 349 g/mol. The van der Waals surface area contributed by atoms with E-state index in [2.05, 4.69) is 28.2 Å². The molecular weight excluding hydrogens is 330 g/mol. The minimum atomic E-state index is -0.792. The maximum Gasteiger partial charge on any atom is 0.224 e. The van der Waals surface area contributed by atoms with Gasteiger partial charge in [-0.25, -0.2) is 8.78 Å². The third-order valence-corrected chi connectivity index (χ3v) is 3.83. The number of halogens is 3. The molecule has 1 atom stereocenters. The molecule has 1 aromatic carbocycles. The molecule has 0 bridgehead atoms. The van der Waals surface area contributed by atoms with Crippen LogP contribution in [0.2, 0.25) is 0 Å². The van der Waals surface area contributed by atoms with E-state index >= 15 is 0 Å². The van der Waals surface area contributed by atoms with E-state index in [1.165, 1.54) is 0 Å². The van der Waals surface area contributed by atoms with Gasteiger partial charge in [0.25, 0.3) is 0 Å². The lowest BCUT2D eigenvalue weighted by Crippen LogP contribution is -2.16. The summed E-state index contributed by atoms with van der Waals surface area (Å²) in [4.78, 5) is 11.8. The topological polar surface area (TPSA) is 55.1 Å². The number of anilines is 1. The van der Waals surface area contributed by atoms with E-state index in [-0.39, 0.29) is 16.1 Å². The van der Waals surface area contributed by atoms with Gasteiger partial charge in [0.15, 0.2) is 5.82 Å². The van der Waals surface area contributed by atoms with Crippen molar-refractivity contribution in [1.29, 1.82) is 0 Å². The largest absolute Gasteiger partial charge is 0.330 e. The fraction of sp³-hybridized carbons (Fsp3) is 0.500. The lowest BCUT2D eigenvalue weighted by Gasteiger charge is -2.14. The fourth-order valence-electron chi connectivity index (χ4n) is 1.99. The molecule has 0 fully saturated rings. The summed E-state index contributed by atoms with van der Waals surface area (Å²) >= 11 is 3.03. The lowest BCUT2D eigenvalue weighted by atomic mass is 9.96. The van der Waals surface area contributed by atoms with Crippen molar-refractivity contribution in [2.24, 2.45) is 11.7 Å². The molecule has 0 radical (unpaired) electrons. The summed E-state index contributed by atoms with van der Waals surface area (Å²) in [5.41, 5.74) is 5.47. The molecule has 112 valence electrons. The molecule has 0 saturated carbocycles. The summed E-state index contributed by atoms with van der Waals surface area (Å²) < 4.78 is 26.7. The Morgan fingerprint density at radius 3 is 2.65 bits per heavy atom. The minimum Gasteiger partial charge on any atom is -0.330 e. The molecule has 1 unspecified atom stereocenters. The predicted octanol–water partition coefficient (Wildman–Crippen LogP) is 3.82. The summed E-state index contributed by atoms with van der Waals surface area (Å²) in [7, 11) is 0. The highest BCUT2D eigenvalue weighted by atomic mass is 79.9. The molecule has 0 spiro atoms. The standard InChI is InChI=1S/C14H19BrF2N2O/c1-2-9(5-6-18)3-4-13(20)19-14-11(15)7-10(16)8-12(14)17/h7-9H,2-6,18H2,1H3,(H,19,20). The Bertz CT molecular complexity index is 445. The van der Waals surface area contributed by atoms with Crippen LogP contribution in [-0.4, -0.2) is 12.5 Å². The Labute approximate surface area is 126 Å². The molecule has 1 amide bonds. The van der Waals surface area contributed by atoms with E-state index in [4.69, 9.17) is 5.73 Å². The molecule has 0 aliphatic heterocycles. The summed E-state index contributed by atoms with van der Waals surface area (Å²) in [5, 5.41) is 2.47. The third kappa shape index (κ3) is 5.17. The van der Waals surface area contributed by atoms with E-state index in [0.29, 0.717) is 25.3 Å². The smallest absolute Gasteiger partial charge is 0.224 e. The molecule has 1 aromatic rings. The number of benzene rings is 1. The summed E-state index contributed by atoms with van der Waals surface area (Å²) in [6, 6.07) is 1.85. The molecule has 6 heteroatoms. The number of rotatable bonds is 7. The first-order chi connectivity index (χ1) is 9.47. The Morgan fingerprint density at radius 1 is 1.40 bits per heavy atom. The minimum absolute atomic E-state index is 0.0247. The number of carbonyl (C=O) groups excluding carboxylic acids is 1. The molecule has 0 aromatic heterocycles. The van der Waals surface area contributed by atoms with Crippen LogP contribution in [0.3, 0.4) is 0 Å². The highest BCUT2D eigenvalue weighted by molar-refractivity contribution is 9.10. The number of nitrogens with two attached hydrogens (primary N) is 1. The van der Waals surface area contributed by atoms with Crippen molar-refractivity contribution in [2.75, 3.05) is 11.9 Å². The molecule has 1 rings (SSSR count). The summed E-state index contributed by atoms with van der Waals surface area (Å²) in [6.45, 7) is 2.65. The first-order valence-electron chi connectivity index (χ1n) is 6.62. The predicted molar refractivity (Wildman–Crippen MR) is 79.4 cm³/mol. The van der Waals surface area contributed by atoms with E-state index < -0.39 is 11.6 Å². The Kier molecular flexibility index (Phi) is 7.09. The number of carbonyl (C=O) groups is 1. The molecule has 20 heavy (non-hydrogen) atoms. The summed E-state index contributed by atoms with van der Waals surface area (Å²) in [5.74, 6) is -1.38.